The Bertz CT molecular complexity index is 267. The van der Waals surface area contributed by atoms with E-state index in [1.54, 1.807) is 0 Å². The van der Waals surface area contributed by atoms with Gasteiger partial charge in [-0.2, -0.15) is 12.6 Å². The van der Waals surface area contributed by atoms with Gasteiger partial charge in [0.2, 0.25) is 5.91 Å². The fourth-order valence-electron chi connectivity index (χ4n) is 1.98. The lowest BCUT2D eigenvalue weighted by molar-refractivity contribution is -0.150. The molecule has 15 heavy (non-hydrogen) atoms. The monoisotopic (exact) mass is 231 g/mol. The maximum Gasteiger partial charge on any atom is 0.326 e. The van der Waals surface area contributed by atoms with Gasteiger partial charge in [0.25, 0.3) is 0 Å². The van der Waals surface area contributed by atoms with Crippen LogP contribution in [0.1, 0.15) is 20.3 Å². The van der Waals surface area contributed by atoms with Crippen LogP contribution in [0, 0.1) is 11.8 Å². The normalized spacial score (nSPS) is 23.6. The predicted octanol–water partition coefficient (Wildman–Crippen LogP) is 0.874. The molecule has 1 unspecified atom stereocenters. The Balaban J connectivity index is 2.77. The Morgan fingerprint density at radius 2 is 2.27 bits per heavy atom. The van der Waals surface area contributed by atoms with Crippen LogP contribution in [0.3, 0.4) is 0 Å². The minimum atomic E-state index is -0.918. The van der Waals surface area contributed by atoms with Crippen molar-refractivity contribution in [2.45, 2.75) is 26.3 Å². The van der Waals surface area contributed by atoms with E-state index in [0.717, 1.165) is 0 Å². The summed E-state index contributed by atoms with van der Waals surface area (Å²) in [6, 6.07) is -0.692. The number of likely N-dealkylation sites (tertiary alicyclic amines) is 1. The summed E-state index contributed by atoms with van der Waals surface area (Å²) in [4.78, 5) is 24.2. The first-order chi connectivity index (χ1) is 6.97. The predicted molar refractivity (Wildman–Crippen MR) is 59.9 cm³/mol. The highest BCUT2D eigenvalue weighted by molar-refractivity contribution is 7.80. The molecule has 2 atom stereocenters. The molecule has 0 spiro atoms. The average molecular weight is 231 g/mol. The van der Waals surface area contributed by atoms with Gasteiger partial charge in [-0.25, -0.2) is 4.79 Å². The molecule has 0 aromatic heterocycles. The maximum atomic E-state index is 11.6. The van der Waals surface area contributed by atoms with Crippen LogP contribution in [-0.2, 0) is 9.59 Å². The second-order valence-corrected chi connectivity index (χ2v) is 4.69. The van der Waals surface area contributed by atoms with E-state index in [4.69, 9.17) is 5.11 Å². The van der Waals surface area contributed by atoms with Gasteiger partial charge in [-0.3, -0.25) is 4.79 Å². The minimum absolute atomic E-state index is 0.0600. The Labute approximate surface area is 95.1 Å². The van der Waals surface area contributed by atoms with Crippen molar-refractivity contribution in [3.05, 3.63) is 0 Å². The summed E-state index contributed by atoms with van der Waals surface area (Å²) in [5.74, 6) is -0.216. The maximum absolute atomic E-state index is 11.6. The molecule has 1 saturated heterocycles. The lowest BCUT2D eigenvalue weighted by Gasteiger charge is -2.27. The highest BCUT2D eigenvalue weighted by Crippen LogP contribution is 2.24. The van der Waals surface area contributed by atoms with Crippen molar-refractivity contribution in [3.8, 4) is 0 Å². The number of carboxylic acid groups (broad SMARTS) is 1. The van der Waals surface area contributed by atoms with E-state index >= 15 is 0 Å². The lowest BCUT2D eigenvalue weighted by atomic mass is 10.0. The summed E-state index contributed by atoms with van der Waals surface area (Å²) in [6.45, 7) is 4.16. The molecule has 0 aromatic rings. The van der Waals surface area contributed by atoms with Crippen molar-refractivity contribution in [2.75, 3.05) is 12.3 Å². The van der Waals surface area contributed by atoms with Crippen LogP contribution in [0.25, 0.3) is 0 Å². The van der Waals surface area contributed by atoms with Crippen LogP contribution in [-0.4, -0.2) is 40.2 Å². The average Bonchev–Trinajstić information content (AvgIpc) is 2.46. The standard InChI is InChI=1S/C10H17NO3S/c1-6(2)9(10(13)14)11-4-7(5-15)3-8(11)12/h6-7,9,15H,3-5H2,1-2H3,(H,13,14)/t7?,9-/m0/s1. The van der Waals surface area contributed by atoms with Gasteiger partial charge in [-0.05, 0) is 17.6 Å². The Hall–Kier alpha value is -0.710. The summed E-state index contributed by atoms with van der Waals surface area (Å²) >= 11 is 4.14. The van der Waals surface area contributed by atoms with Gasteiger partial charge in [0, 0.05) is 13.0 Å². The van der Waals surface area contributed by atoms with E-state index < -0.39 is 12.0 Å². The van der Waals surface area contributed by atoms with Crippen molar-refractivity contribution in [1.82, 2.24) is 4.90 Å². The lowest BCUT2D eigenvalue weighted by Crippen LogP contribution is -2.45. The van der Waals surface area contributed by atoms with E-state index in [1.807, 2.05) is 13.8 Å². The molecular weight excluding hydrogens is 214 g/mol. The second-order valence-electron chi connectivity index (χ2n) is 4.33. The van der Waals surface area contributed by atoms with Crippen molar-refractivity contribution >= 4 is 24.5 Å². The van der Waals surface area contributed by atoms with Crippen molar-refractivity contribution < 1.29 is 14.7 Å². The van der Waals surface area contributed by atoms with E-state index in [9.17, 15) is 9.59 Å². The molecule has 4 nitrogen and oxygen atoms in total. The highest BCUT2D eigenvalue weighted by Gasteiger charge is 2.38. The van der Waals surface area contributed by atoms with Gasteiger partial charge in [-0.1, -0.05) is 13.8 Å². The molecule has 0 radical (unpaired) electrons. The SMILES string of the molecule is CC(C)[C@@H](C(=O)O)N1CC(CS)CC1=O. The third-order valence-electron chi connectivity index (χ3n) is 2.72. The molecule has 0 aromatic carbocycles. The smallest absolute Gasteiger partial charge is 0.326 e. The molecule has 1 aliphatic rings. The number of carboxylic acids is 1. The number of rotatable bonds is 4. The number of amides is 1. The third kappa shape index (κ3) is 2.65. The summed E-state index contributed by atoms with van der Waals surface area (Å²) in [6.07, 6.45) is 0.431. The first-order valence-corrected chi connectivity index (χ1v) is 5.73. The fraction of sp³-hybridized carbons (Fsp3) is 0.800. The molecule has 1 heterocycles. The van der Waals surface area contributed by atoms with E-state index in [-0.39, 0.29) is 17.7 Å². The molecule has 1 amide bonds. The van der Waals surface area contributed by atoms with Crippen LogP contribution >= 0.6 is 12.6 Å². The zero-order valence-corrected chi connectivity index (χ0v) is 9.91. The zero-order valence-electron chi connectivity index (χ0n) is 9.01. The molecular formula is C10H17NO3S. The third-order valence-corrected chi connectivity index (χ3v) is 3.23. The van der Waals surface area contributed by atoms with E-state index in [0.29, 0.717) is 18.7 Å². The van der Waals surface area contributed by atoms with Crippen LogP contribution in [0.2, 0.25) is 0 Å². The van der Waals surface area contributed by atoms with Crippen molar-refractivity contribution in [1.29, 1.82) is 0 Å². The Morgan fingerprint density at radius 1 is 1.67 bits per heavy atom. The minimum Gasteiger partial charge on any atom is -0.480 e. The largest absolute Gasteiger partial charge is 0.480 e. The molecule has 0 aliphatic carbocycles. The number of hydrogen-bond acceptors (Lipinski definition) is 3. The number of carbonyl (C=O) groups excluding carboxylic acids is 1. The fourth-order valence-corrected chi connectivity index (χ4v) is 2.22. The summed E-state index contributed by atoms with van der Waals surface area (Å²) < 4.78 is 0. The molecule has 86 valence electrons. The van der Waals surface area contributed by atoms with Gasteiger partial charge in [0.1, 0.15) is 6.04 Å². The molecule has 0 bridgehead atoms. The number of nitrogens with zero attached hydrogens (tertiary/aromatic N) is 1. The van der Waals surface area contributed by atoms with E-state index in [1.165, 1.54) is 4.90 Å². The zero-order chi connectivity index (χ0) is 11.6. The number of hydrogen-bond donors (Lipinski definition) is 2. The summed E-state index contributed by atoms with van der Waals surface area (Å²) in [7, 11) is 0. The van der Waals surface area contributed by atoms with Crippen molar-refractivity contribution in [3.63, 3.8) is 0 Å². The highest BCUT2D eigenvalue weighted by atomic mass is 32.1. The van der Waals surface area contributed by atoms with Gasteiger partial charge in [-0.15, -0.1) is 0 Å². The van der Waals surface area contributed by atoms with Crippen LogP contribution in [0.5, 0.6) is 0 Å². The molecule has 1 aliphatic heterocycles. The van der Waals surface area contributed by atoms with E-state index in [2.05, 4.69) is 12.6 Å². The Kier molecular flexibility index (Phi) is 4.02. The van der Waals surface area contributed by atoms with Gasteiger partial charge < -0.3 is 10.0 Å². The summed E-state index contributed by atoms with van der Waals surface area (Å²) in [5, 5.41) is 9.07. The van der Waals surface area contributed by atoms with Gasteiger partial charge >= 0.3 is 5.97 Å². The molecule has 5 heteroatoms. The topological polar surface area (TPSA) is 57.6 Å². The summed E-state index contributed by atoms with van der Waals surface area (Å²) in [5.41, 5.74) is 0. The molecule has 1 N–H and O–H groups in total. The Morgan fingerprint density at radius 3 is 2.60 bits per heavy atom. The molecule has 1 fully saturated rings. The van der Waals surface area contributed by atoms with Crippen molar-refractivity contribution in [2.24, 2.45) is 11.8 Å². The molecule has 1 rings (SSSR count). The van der Waals surface area contributed by atoms with Crippen LogP contribution in [0.15, 0.2) is 0 Å². The van der Waals surface area contributed by atoms with Crippen LogP contribution in [0.4, 0.5) is 0 Å². The second kappa shape index (κ2) is 4.88. The first kappa shape index (κ1) is 12.4. The van der Waals surface area contributed by atoms with Gasteiger partial charge in [0.15, 0.2) is 0 Å². The number of carbonyl (C=O) groups is 2. The quantitative estimate of drug-likeness (QED) is 0.706. The van der Waals surface area contributed by atoms with Gasteiger partial charge in [0.05, 0.1) is 0 Å². The van der Waals surface area contributed by atoms with Crippen LogP contribution < -0.4 is 0 Å². The molecule has 0 saturated carbocycles. The number of aliphatic carboxylic acids is 1. The first-order valence-electron chi connectivity index (χ1n) is 5.10. The number of thiol groups is 1.